The van der Waals surface area contributed by atoms with Gasteiger partial charge in [0.1, 0.15) is 0 Å². The zero-order valence-electron chi connectivity index (χ0n) is 15.1. The molecule has 1 aromatic carbocycles. The average molecular weight is 345 g/mol. The molecule has 7 nitrogen and oxygen atoms in total. The second-order valence-corrected chi connectivity index (χ2v) is 6.50. The number of likely N-dealkylation sites (N-methyl/N-ethyl adjacent to an activating group) is 1. The van der Waals surface area contributed by atoms with Gasteiger partial charge in [0.05, 0.1) is 0 Å². The van der Waals surface area contributed by atoms with Gasteiger partial charge in [0, 0.05) is 51.8 Å². The van der Waals surface area contributed by atoms with Crippen molar-refractivity contribution in [3.63, 3.8) is 0 Å². The van der Waals surface area contributed by atoms with Crippen LogP contribution in [0, 0.1) is 0 Å². The van der Waals surface area contributed by atoms with Gasteiger partial charge >= 0.3 is 0 Å². The number of methoxy groups -OCH3 is 2. The third kappa shape index (κ3) is 2.42. The van der Waals surface area contributed by atoms with E-state index in [0.717, 1.165) is 16.5 Å². The number of benzene rings is 1. The van der Waals surface area contributed by atoms with E-state index in [1.165, 1.54) is 19.1 Å². The van der Waals surface area contributed by atoms with E-state index in [2.05, 4.69) is 5.32 Å². The van der Waals surface area contributed by atoms with Crippen LogP contribution in [0.15, 0.2) is 30.5 Å². The highest BCUT2D eigenvalue weighted by atomic mass is 16.5. The van der Waals surface area contributed by atoms with Crippen molar-refractivity contribution in [2.24, 2.45) is 7.05 Å². The molecule has 1 N–H and O–H groups in total. The summed E-state index contributed by atoms with van der Waals surface area (Å²) in [6.45, 7) is 1.55. The predicted octanol–water partition coefficient (Wildman–Crippen LogP) is 1.01. The lowest BCUT2D eigenvalue weighted by Crippen LogP contribution is -2.75. The minimum Gasteiger partial charge on any atom is -0.351 e. The van der Waals surface area contributed by atoms with Crippen LogP contribution in [-0.4, -0.2) is 54.0 Å². The molecule has 1 aliphatic heterocycles. The van der Waals surface area contributed by atoms with Crippen molar-refractivity contribution < 1.29 is 19.1 Å². The van der Waals surface area contributed by atoms with Crippen LogP contribution in [-0.2, 0) is 32.5 Å². The Morgan fingerprint density at radius 2 is 1.80 bits per heavy atom. The first kappa shape index (κ1) is 17.4. The molecule has 25 heavy (non-hydrogen) atoms. The largest absolute Gasteiger partial charge is 0.351 e. The van der Waals surface area contributed by atoms with Gasteiger partial charge in [-0.05, 0) is 18.6 Å². The van der Waals surface area contributed by atoms with Gasteiger partial charge in [0.25, 0.3) is 11.8 Å². The Kier molecular flexibility index (Phi) is 4.09. The molecule has 0 saturated carbocycles. The lowest BCUT2D eigenvalue weighted by Gasteiger charge is -2.47. The van der Waals surface area contributed by atoms with Gasteiger partial charge in [-0.1, -0.05) is 18.2 Å². The van der Waals surface area contributed by atoms with Crippen LogP contribution in [0.25, 0.3) is 10.9 Å². The fourth-order valence-electron chi connectivity index (χ4n) is 3.36. The molecule has 2 aromatic rings. The number of nitrogens with one attached hydrogen (secondary N) is 1. The Morgan fingerprint density at radius 1 is 1.12 bits per heavy atom. The summed E-state index contributed by atoms with van der Waals surface area (Å²) in [5, 5.41) is 3.76. The smallest absolute Gasteiger partial charge is 0.278 e. The predicted molar refractivity (Wildman–Crippen MR) is 92.7 cm³/mol. The minimum absolute atomic E-state index is 0.222. The number of hydrogen-bond donors (Lipinski definition) is 1. The molecular weight excluding hydrogens is 322 g/mol. The van der Waals surface area contributed by atoms with Crippen molar-refractivity contribution in [3.05, 3.63) is 36.0 Å². The maximum absolute atomic E-state index is 13.0. The summed E-state index contributed by atoms with van der Waals surface area (Å²) in [7, 11) is 6.31. The summed E-state index contributed by atoms with van der Waals surface area (Å²) in [6, 6.07) is 7.91. The highest BCUT2D eigenvalue weighted by Crippen LogP contribution is 2.31. The number of para-hydroxylation sites is 1. The van der Waals surface area contributed by atoms with Crippen molar-refractivity contribution in [1.82, 2.24) is 14.8 Å². The van der Waals surface area contributed by atoms with Crippen LogP contribution in [0.4, 0.5) is 0 Å². The number of hydrogen-bond acceptors (Lipinski definition) is 4. The lowest BCUT2D eigenvalue weighted by molar-refractivity contribution is -0.207. The summed E-state index contributed by atoms with van der Waals surface area (Å²) < 4.78 is 12.8. The maximum Gasteiger partial charge on any atom is 0.278 e. The van der Waals surface area contributed by atoms with E-state index in [-0.39, 0.29) is 12.3 Å². The van der Waals surface area contributed by atoms with Crippen molar-refractivity contribution in [2.45, 2.75) is 24.8 Å². The Bertz CT molecular complexity index is 846. The molecule has 2 heterocycles. The van der Waals surface area contributed by atoms with Gasteiger partial charge in [-0.3, -0.25) is 9.59 Å². The van der Waals surface area contributed by atoms with E-state index in [1.54, 1.807) is 14.0 Å². The summed E-state index contributed by atoms with van der Waals surface area (Å²) in [5.41, 5.74) is -0.859. The van der Waals surface area contributed by atoms with Crippen LogP contribution in [0.1, 0.15) is 12.5 Å². The summed E-state index contributed by atoms with van der Waals surface area (Å²) in [5.74, 6) is -0.772. The number of fused-ring (bicyclic) bond motifs is 1. The SMILES string of the molecule is COC1(Cc2cn(C)c3ccccc23)NC(=O)C(C)(OC)N(C)C1=O. The summed E-state index contributed by atoms with van der Waals surface area (Å²) in [4.78, 5) is 27.0. The number of rotatable bonds is 4. The number of nitrogens with zero attached hydrogens (tertiary/aromatic N) is 2. The number of amides is 2. The van der Waals surface area contributed by atoms with Gasteiger partial charge in [0.15, 0.2) is 0 Å². The lowest BCUT2D eigenvalue weighted by atomic mass is 9.95. The quantitative estimate of drug-likeness (QED) is 0.898. The standard InChI is InChI=1S/C18H23N3O4/c1-17(24-4)15(22)19-18(25-5,16(23)21(17)3)10-12-11-20(2)14-9-7-6-8-13(12)14/h6-9,11H,10H2,1-5H3,(H,19,22). The van der Waals surface area contributed by atoms with E-state index in [1.807, 2.05) is 42.1 Å². The van der Waals surface area contributed by atoms with Gasteiger partial charge in [0.2, 0.25) is 11.4 Å². The van der Waals surface area contributed by atoms with E-state index in [4.69, 9.17) is 9.47 Å². The Hall–Kier alpha value is -2.38. The average Bonchev–Trinajstić information content (AvgIpc) is 2.93. The molecule has 2 atom stereocenters. The zero-order chi connectivity index (χ0) is 18.4. The first-order valence-electron chi connectivity index (χ1n) is 8.03. The molecule has 2 unspecified atom stereocenters. The third-order valence-corrected chi connectivity index (χ3v) is 5.19. The molecule has 3 rings (SSSR count). The molecule has 0 radical (unpaired) electrons. The van der Waals surface area contributed by atoms with Crippen LogP contribution < -0.4 is 5.32 Å². The van der Waals surface area contributed by atoms with Crippen molar-refractivity contribution in [3.8, 4) is 0 Å². The second-order valence-electron chi connectivity index (χ2n) is 6.50. The highest BCUT2D eigenvalue weighted by molar-refractivity contribution is 6.00. The van der Waals surface area contributed by atoms with Crippen LogP contribution in [0.2, 0.25) is 0 Å². The molecule has 1 aliphatic rings. The molecule has 0 aliphatic carbocycles. The fraction of sp³-hybridized carbons (Fsp3) is 0.444. The monoisotopic (exact) mass is 345 g/mol. The molecule has 1 saturated heterocycles. The van der Waals surface area contributed by atoms with Gasteiger partial charge in [-0.25, -0.2) is 0 Å². The van der Waals surface area contributed by atoms with E-state index in [9.17, 15) is 9.59 Å². The van der Waals surface area contributed by atoms with Crippen LogP contribution >= 0.6 is 0 Å². The summed E-state index contributed by atoms with van der Waals surface area (Å²) in [6.07, 6.45) is 2.18. The zero-order valence-corrected chi connectivity index (χ0v) is 15.1. The van der Waals surface area contributed by atoms with Crippen molar-refractivity contribution >= 4 is 22.7 Å². The van der Waals surface area contributed by atoms with Crippen molar-refractivity contribution in [2.75, 3.05) is 21.3 Å². The third-order valence-electron chi connectivity index (χ3n) is 5.19. The number of piperazine rings is 1. The first-order chi connectivity index (χ1) is 11.8. The molecule has 0 spiro atoms. The number of aromatic nitrogens is 1. The molecule has 134 valence electrons. The second kappa shape index (κ2) is 5.86. The van der Waals surface area contributed by atoms with Gasteiger partial charge in [-0.15, -0.1) is 0 Å². The van der Waals surface area contributed by atoms with Crippen molar-refractivity contribution in [1.29, 1.82) is 0 Å². The number of aryl methyl sites for hydroxylation is 1. The first-order valence-corrected chi connectivity index (χ1v) is 8.03. The number of ether oxygens (including phenoxy) is 2. The molecule has 7 heteroatoms. The molecule has 0 bridgehead atoms. The highest BCUT2D eigenvalue weighted by Gasteiger charge is 2.56. The summed E-state index contributed by atoms with van der Waals surface area (Å²) >= 11 is 0. The van der Waals surface area contributed by atoms with E-state index < -0.39 is 17.4 Å². The molecule has 1 fully saturated rings. The van der Waals surface area contributed by atoms with Crippen LogP contribution in [0.3, 0.4) is 0 Å². The molecular formula is C18H23N3O4. The maximum atomic E-state index is 13.0. The number of carbonyl (C=O) groups excluding carboxylic acids is 2. The van der Waals surface area contributed by atoms with E-state index >= 15 is 0 Å². The Balaban J connectivity index is 2.04. The van der Waals surface area contributed by atoms with Gasteiger partial charge in [-0.2, -0.15) is 0 Å². The fourth-order valence-corrected chi connectivity index (χ4v) is 3.36. The number of carbonyl (C=O) groups is 2. The van der Waals surface area contributed by atoms with Gasteiger partial charge < -0.3 is 24.3 Å². The Labute approximate surface area is 146 Å². The normalized spacial score (nSPS) is 27.0. The minimum atomic E-state index is -1.46. The molecule has 1 aromatic heterocycles. The Morgan fingerprint density at radius 3 is 2.44 bits per heavy atom. The topological polar surface area (TPSA) is 72.8 Å². The van der Waals surface area contributed by atoms with E-state index in [0.29, 0.717) is 0 Å². The molecule has 2 amide bonds. The van der Waals surface area contributed by atoms with Crippen LogP contribution in [0.5, 0.6) is 0 Å².